The summed E-state index contributed by atoms with van der Waals surface area (Å²) in [4.78, 5) is 36.9. The number of nitrogens with one attached hydrogen (secondary N) is 2. The van der Waals surface area contributed by atoms with E-state index in [1.807, 2.05) is 36.4 Å². The molecule has 0 bridgehead atoms. The fourth-order valence-electron chi connectivity index (χ4n) is 4.34. The molecule has 3 aromatic rings. The van der Waals surface area contributed by atoms with Gasteiger partial charge in [-0.05, 0) is 49.1 Å². The van der Waals surface area contributed by atoms with E-state index in [0.717, 1.165) is 43.5 Å². The second-order valence-corrected chi connectivity index (χ2v) is 8.86. The quantitative estimate of drug-likeness (QED) is 0.601. The Morgan fingerprint density at radius 1 is 1.06 bits per heavy atom. The Kier molecular flexibility index (Phi) is 5.90. The first-order chi connectivity index (χ1) is 15.6. The number of aryl methyl sites for hydroxylation is 1. The Hall–Kier alpha value is -3.19. The van der Waals surface area contributed by atoms with Crippen molar-refractivity contribution < 1.29 is 4.79 Å². The number of benzene rings is 2. The summed E-state index contributed by atoms with van der Waals surface area (Å²) in [6, 6.07) is 15.3. The number of hydrogen-bond acceptors (Lipinski definition) is 5. The lowest BCUT2D eigenvalue weighted by Gasteiger charge is -2.36. The second kappa shape index (κ2) is 9.12. The zero-order chi connectivity index (χ0) is 21.9. The minimum absolute atomic E-state index is 0.0905. The topological polar surface area (TPSA) is 81.3 Å². The molecule has 7 heteroatoms. The van der Waals surface area contributed by atoms with Crippen LogP contribution in [0.2, 0.25) is 0 Å². The maximum absolute atomic E-state index is 12.5. The van der Waals surface area contributed by atoms with Crippen LogP contribution < -0.4 is 15.8 Å². The maximum atomic E-state index is 12.5. The Balaban J connectivity index is 1.16. The first kappa shape index (κ1) is 20.7. The summed E-state index contributed by atoms with van der Waals surface area (Å²) in [6.45, 7) is 5.49. The standard InChI is InChI=1S/C25H29N5O2/c31-24(11-10-23-27-22-7-2-1-6-21(22)25(32)28-23)26-19-4-3-5-20(16-19)30-14-12-29(13-15-30)17-18-8-9-18/h1-7,16,18H,8-15,17H2,(H,26,31)(H,27,28,32). The van der Waals surface area contributed by atoms with E-state index in [1.54, 1.807) is 6.07 Å². The van der Waals surface area contributed by atoms with Gasteiger partial charge in [-0.2, -0.15) is 0 Å². The van der Waals surface area contributed by atoms with Crippen LogP contribution in [0.3, 0.4) is 0 Å². The van der Waals surface area contributed by atoms with E-state index in [9.17, 15) is 9.59 Å². The highest BCUT2D eigenvalue weighted by Gasteiger charge is 2.26. The Morgan fingerprint density at radius 3 is 2.69 bits per heavy atom. The Morgan fingerprint density at radius 2 is 1.88 bits per heavy atom. The number of hydrogen-bond donors (Lipinski definition) is 2. The van der Waals surface area contributed by atoms with Crippen molar-refractivity contribution in [1.29, 1.82) is 0 Å². The molecule has 1 saturated carbocycles. The summed E-state index contributed by atoms with van der Waals surface area (Å²) >= 11 is 0. The van der Waals surface area contributed by atoms with Crippen LogP contribution in [0.15, 0.2) is 53.3 Å². The Labute approximate surface area is 187 Å². The van der Waals surface area contributed by atoms with E-state index in [0.29, 0.717) is 23.1 Å². The fourth-order valence-corrected chi connectivity index (χ4v) is 4.34. The van der Waals surface area contributed by atoms with Crippen LogP contribution in [0.4, 0.5) is 11.4 Å². The summed E-state index contributed by atoms with van der Waals surface area (Å²) < 4.78 is 0. The highest BCUT2D eigenvalue weighted by atomic mass is 16.1. The summed E-state index contributed by atoms with van der Waals surface area (Å²) in [5.74, 6) is 1.37. The second-order valence-electron chi connectivity index (χ2n) is 8.86. The Bertz CT molecular complexity index is 1160. The van der Waals surface area contributed by atoms with E-state index >= 15 is 0 Å². The number of nitrogens with zero attached hydrogens (tertiary/aromatic N) is 3. The van der Waals surface area contributed by atoms with Crippen LogP contribution in [-0.2, 0) is 11.2 Å². The highest BCUT2D eigenvalue weighted by Crippen LogP contribution is 2.30. The number of fused-ring (bicyclic) bond motifs is 1. The van der Waals surface area contributed by atoms with Gasteiger partial charge in [-0.15, -0.1) is 0 Å². The molecule has 1 aromatic heterocycles. The van der Waals surface area contributed by atoms with Gasteiger partial charge in [-0.3, -0.25) is 14.5 Å². The molecule has 0 radical (unpaired) electrons. The third-order valence-electron chi connectivity index (χ3n) is 6.33. The smallest absolute Gasteiger partial charge is 0.258 e. The van der Waals surface area contributed by atoms with Crippen molar-refractivity contribution in [3.63, 3.8) is 0 Å². The molecule has 1 aliphatic carbocycles. The molecule has 32 heavy (non-hydrogen) atoms. The normalized spacial score (nSPS) is 16.9. The first-order valence-corrected chi connectivity index (χ1v) is 11.5. The number of rotatable bonds is 7. The van der Waals surface area contributed by atoms with Crippen molar-refractivity contribution in [2.45, 2.75) is 25.7 Å². The third kappa shape index (κ3) is 4.99. The molecule has 1 amide bonds. The highest BCUT2D eigenvalue weighted by molar-refractivity contribution is 5.91. The van der Waals surface area contributed by atoms with E-state index in [4.69, 9.17) is 0 Å². The molecule has 0 atom stereocenters. The van der Waals surface area contributed by atoms with E-state index in [2.05, 4.69) is 31.2 Å². The zero-order valence-corrected chi connectivity index (χ0v) is 18.2. The number of aromatic amines is 1. The average Bonchev–Trinajstić information content (AvgIpc) is 3.62. The number of amides is 1. The SMILES string of the molecule is O=C(CCc1nc2ccccc2c(=O)[nH]1)Nc1cccc(N2CCN(CC3CC3)CC2)c1. The molecule has 5 rings (SSSR count). The summed E-state index contributed by atoms with van der Waals surface area (Å²) in [7, 11) is 0. The van der Waals surface area contributed by atoms with E-state index in [1.165, 1.54) is 19.4 Å². The van der Waals surface area contributed by atoms with Gasteiger partial charge in [0.25, 0.3) is 5.56 Å². The molecular weight excluding hydrogens is 402 g/mol. The molecule has 2 fully saturated rings. The van der Waals surface area contributed by atoms with Crippen LogP contribution in [0.5, 0.6) is 0 Å². The van der Waals surface area contributed by atoms with Gasteiger partial charge in [-0.1, -0.05) is 18.2 Å². The molecule has 2 aliphatic rings. The van der Waals surface area contributed by atoms with Crippen molar-refractivity contribution >= 4 is 28.2 Å². The van der Waals surface area contributed by atoms with Crippen molar-refractivity contribution in [3.8, 4) is 0 Å². The molecular formula is C25H29N5O2. The molecule has 0 spiro atoms. The minimum atomic E-state index is -0.170. The first-order valence-electron chi connectivity index (χ1n) is 11.5. The number of H-pyrrole nitrogens is 1. The van der Waals surface area contributed by atoms with Crippen LogP contribution in [0.1, 0.15) is 25.1 Å². The summed E-state index contributed by atoms with van der Waals surface area (Å²) in [5.41, 5.74) is 2.43. The average molecular weight is 432 g/mol. The molecule has 2 N–H and O–H groups in total. The van der Waals surface area contributed by atoms with Crippen molar-refractivity contribution in [1.82, 2.24) is 14.9 Å². The van der Waals surface area contributed by atoms with Gasteiger partial charge < -0.3 is 15.2 Å². The number of piperazine rings is 1. The molecule has 2 heterocycles. The van der Waals surface area contributed by atoms with Gasteiger partial charge >= 0.3 is 0 Å². The minimum Gasteiger partial charge on any atom is -0.369 e. The number of carbonyl (C=O) groups is 1. The molecule has 7 nitrogen and oxygen atoms in total. The van der Waals surface area contributed by atoms with Gasteiger partial charge in [0.2, 0.25) is 5.91 Å². The van der Waals surface area contributed by atoms with Crippen LogP contribution in [0.25, 0.3) is 10.9 Å². The molecule has 1 aliphatic heterocycles. The molecule has 0 unspecified atom stereocenters. The van der Waals surface area contributed by atoms with Gasteiger partial charge in [0.05, 0.1) is 10.9 Å². The van der Waals surface area contributed by atoms with Crippen molar-refractivity contribution in [2.24, 2.45) is 5.92 Å². The van der Waals surface area contributed by atoms with E-state index in [-0.39, 0.29) is 17.9 Å². The van der Waals surface area contributed by atoms with Gasteiger partial charge in [0, 0.05) is 56.9 Å². The van der Waals surface area contributed by atoms with Gasteiger partial charge in [0.1, 0.15) is 5.82 Å². The monoisotopic (exact) mass is 431 g/mol. The molecule has 166 valence electrons. The largest absolute Gasteiger partial charge is 0.369 e. The fraction of sp³-hybridized carbons (Fsp3) is 0.400. The number of para-hydroxylation sites is 1. The summed E-state index contributed by atoms with van der Waals surface area (Å²) in [6.07, 6.45) is 3.43. The van der Waals surface area contributed by atoms with Crippen LogP contribution in [0, 0.1) is 5.92 Å². The maximum Gasteiger partial charge on any atom is 0.258 e. The third-order valence-corrected chi connectivity index (χ3v) is 6.33. The predicted molar refractivity (Wildman–Crippen MR) is 127 cm³/mol. The van der Waals surface area contributed by atoms with Crippen molar-refractivity contribution in [2.75, 3.05) is 42.9 Å². The lowest BCUT2D eigenvalue weighted by Crippen LogP contribution is -2.47. The molecule has 1 saturated heterocycles. The molecule has 2 aromatic carbocycles. The van der Waals surface area contributed by atoms with Crippen molar-refractivity contribution in [3.05, 3.63) is 64.7 Å². The number of aromatic nitrogens is 2. The lowest BCUT2D eigenvalue weighted by molar-refractivity contribution is -0.116. The lowest BCUT2D eigenvalue weighted by atomic mass is 10.2. The van der Waals surface area contributed by atoms with Crippen LogP contribution in [-0.4, -0.2) is 53.5 Å². The number of carbonyl (C=O) groups excluding carboxylic acids is 1. The zero-order valence-electron chi connectivity index (χ0n) is 18.2. The van der Waals surface area contributed by atoms with E-state index < -0.39 is 0 Å². The van der Waals surface area contributed by atoms with Gasteiger partial charge in [0.15, 0.2) is 0 Å². The summed E-state index contributed by atoms with van der Waals surface area (Å²) in [5, 5.41) is 3.55. The predicted octanol–water partition coefficient (Wildman–Crippen LogP) is 3.03. The number of anilines is 2. The van der Waals surface area contributed by atoms with Crippen LogP contribution >= 0.6 is 0 Å². The van der Waals surface area contributed by atoms with Gasteiger partial charge in [-0.25, -0.2) is 4.98 Å².